The van der Waals surface area contributed by atoms with Crippen molar-refractivity contribution in [3.05, 3.63) is 11.6 Å². The number of ether oxygens (including phenoxy) is 1. The van der Waals surface area contributed by atoms with E-state index in [0.717, 1.165) is 6.92 Å². The van der Waals surface area contributed by atoms with E-state index in [-0.39, 0.29) is 6.92 Å². The van der Waals surface area contributed by atoms with Crippen LogP contribution in [0.2, 0.25) is 0 Å². The second-order valence-corrected chi connectivity index (χ2v) is 6.85. The summed E-state index contributed by atoms with van der Waals surface area (Å²) in [6, 6.07) is 0. The maximum atomic E-state index is 14.4. The Morgan fingerprint density at radius 3 is 1.34 bits per heavy atom. The second kappa shape index (κ2) is 9.13. The lowest BCUT2D eigenvalue weighted by Crippen LogP contribution is -2.74. The highest BCUT2D eigenvalue weighted by Crippen LogP contribution is 2.64. The summed E-state index contributed by atoms with van der Waals surface area (Å²) in [5.74, 6) is -44.7. The molecule has 2 atom stereocenters. The zero-order valence-electron chi connectivity index (χ0n) is 16.6. The van der Waals surface area contributed by atoms with Gasteiger partial charge in [0, 0.05) is 5.57 Å². The number of rotatable bonds is 9. The van der Waals surface area contributed by atoms with Gasteiger partial charge < -0.3 is 9.84 Å². The fourth-order valence-corrected chi connectivity index (χ4v) is 2.02. The first-order valence-electron chi connectivity index (χ1n) is 8.23. The Labute approximate surface area is 182 Å². The molecule has 0 aromatic heterocycles. The molecule has 0 aliphatic rings. The lowest BCUT2D eigenvalue weighted by atomic mass is 9.84. The minimum Gasteiger partial charge on any atom is -0.460 e. The highest BCUT2D eigenvalue weighted by atomic mass is 19.4. The Bertz CT molecular complexity index is 809. The summed E-state index contributed by atoms with van der Waals surface area (Å²) in [4.78, 5) is 11.4. The Hall–Kier alpha value is -2.02. The SMILES string of the molecule is CC(=CC(F)(C(F)(F)F)C(F)(F)C(F)(F)C(F)(F)C(F)(F)C(F)(F)C(F)(F)F)C(=O)OCC(C)O. The molecule has 1 N–H and O–H groups in total. The van der Waals surface area contributed by atoms with Gasteiger partial charge in [-0.2, -0.15) is 70.2 Å². The van der Waals surface area contributed by atoms with E-state index in [4.69, 9.17) is 5.11 Å². The van der Waals surface area contributed by atoms with Crippen LogP contribution in [0.15, 0.2) is 11.6 Å². The van der Waals surface area contributed by atoms with E-state index in [2.05, 4.69) is 4.74 Å². The van der Waals surface area contributed by atoms with Gasteiger partial charge in [0.2, 0.25) is 0 Å². The van der Waals surface area contributed by atoms with Gasteiger partial charge in [0.1, 0.15) is 6.61 Å². The standard InChI is InChI=1S/C15H11F17O3/c1-5(7(34)35-4-6(2)33)3-8(16,14(27,28)29)9(17,18)10(19,20)11(21,22)12(23,24)13(25,26)15(30,31)32/h3,6,33H,4H2,1-2H3. The molecule has 3 nitrogen and oxygen atoms in total. The van der Waals surface area contributed by atoms with Gasteiger partial charge in [0.15, 0.2) is 0 Å². The van der Waals surface area contributed by atoms with Crippen LogP contribution >= 0.6 is 0 Å². The first-order chi connectivity index (χ1) is 15.0. The second-order valence-electron chi connectivity index (χ2n) is 6.85. The molecule has 20 heteroatoms. The number of hydrogen-bond donors (Lipinski definition) is 1. The van der Waals surface area contributed by atoms with Gasteiger partial charge in [-0.25, -0.2) is 9.18 Å². The summed E-state index contributed by atoms with van der Waals surface area (Å²) >= 11 is 0. The summed E-state index contributed by atoms with van der Waals surface area (Å²) in [7, 11) is 0. The summed E-state index contributed by atoms with van der Waals surface area (Å²) in [6.07, 6.45) is -18.8. The molecule has 0 aromatic rings. The largest absolute Gasteiger partial charge is 0.460 e. The van der Waals surface area contributed by atoms with Crippen molar-refractivity contribution in [2.24, 2.45) is 0 Å². The number of aliphatic hydroxyl groups is 1. The highest BCUT2D eigenvalue weighted by molar-refractivity contribution is 5.88. The molecular weight excluding hydrogens is 551 g/mol. The topological polar surface area (TPSA) is 46.5 Å². The number of halogens is 17. The monoisotopic (exact) mass is 562 g/mol. The van der Waals surface area contributed by atoms with E-state index in [1.54, 1.807) is 0 Å². The number of allylic oxidation sites excluding steroid dienone is 1. The van der Waals surface area contributed by atoms with E-state index in [9.17, 15) is 79.4 Å². The fraction of sp³-hybridized carbons (Fsp3) is 0.800. The lowest BCUT2D eigenvalue weighted by molar-refractivity contribution is -0.453. The first-order valence-corrected chi connectivity index (χ1v) is 8.23. The molecule has 208 valence electrons. The summed E-state index contributed by atoms with van der Waals surface area (Å²) in [6.45, 7) is -0.364. The van der Waals surface area contributed by atoms with E-state index in [1.807, 2.05) is 0 Å². The summed E-state index contributed by atoms with van der Waals surface area (Å²) in [5.41, 5.74) is -9.33. The molecule has 0 radical (unpaired) electrons. The molecule has 0 bridgehead atoms. The Balaban J connectivity index is 7.01. The van der Waals surface area contributed by atoms with Crippen molar-refractivity contribution < 1.29 is 89.3 Å². The van der Waals surface area contributed by atoms with E-state index >= 15 is 0 Å². The van der Waals surface area contributed by atoms with Crippen molar-refractivity contribution in [2.45, 2.75) is 67.6 Å². The van der Waals surface area contributed by atoms with Crippen LogP contribution in [0.5, 0.6) is 0 Å². The van der Waals surface area contributed by atoms with Crippen molar-refractivity contribution in [1.29, 1.82) is 0 Å². The third kappa shape index (κ3) is 5.11. The lowest BCUT2D eigenvalue weighted by Gasteiger charge is -2.43. The molecular formula is C15H11F17O3. The average molecular weight is 562 g/mol. The fourth-order valence-electron chi connectivity index (χ4n) is 2.02. The van der Waals surface area contributed by atoms with Crippen LogP contribution in [-0.2, 0) is 9.53 Å². The molecule has 0 fully saturated rings. The van der Waals surface area contributed by atoms with Gasteiger partial charge in [-0.05, 0) is 19.9 Å². The quantitative estimate of drug-likeness (QED) is 0.218. The van der Waals surface area contributed by atoms with Crippen LogP contribution in [0.4, 0.5) is 74.6 Å². The van der Waals surface area contributed by atoms with Crippen LogP contribution in [0.1, 0.15) is 13.8 Å². The molecule has 0 saturated carbocycles. The average Bonchev–Trinajstić information content (AvgIpc) is 2.62. The number of hydrogen-bond acceptors (Lipinski definition) is 3. The van der Waals surface area contributed by atoms with Crippen molar-refractivity contribution in [3.8, 4) is 0 Å². The van der Waals surface area contributed by atoms with Crippen molar-refractivity contribution >= 4 is 5.97 Å². The molecule has 35 heavy (non-hydrogen) atoms. The first kappa shape index (κ1) is 33.0. The number of esters is 1. The zero-order chi connectivity index (χ0) is 28.9. The third-order valence-electron chi connectivity index (χ3n) is 4.00. The Morgan fingerprint density at radius 1 is 0.686 bits per heavy atom. The van der Waals surface area contributed by atoms with Gasteiger partial charge >= 0.3 is 47.9 Å². The van der Waals surface area contributed by atoms with Crippen LogP contribution in [-0.4, -0.2) is 71.4 Å². The molecule has 0 aromatic carbocycles. The van der Waals surface area contributed by atoms with Crippen LogP contribution in [0, 0.1) is 0 Å². The van der Waals surface area contributed by atoms with E-state index in [1.165, 1.54) is 0 Å². The molecule has 0 aliphatic heterocycles. The summed E-state index contributed by atoms with van der Waals surface area (Å²) in [5, 5.41) is 8.80. The van der Waals surface area contributed by atoms with Crippen molar-refractivity contribution in [2.75, 3.05) is 6.61 Å². The highest BCUT2D eigenvalue weighted by Gasteiger charge is 2.94. The van der Waals surface area contributed by atoms with E-state index in [0.29, 0.717) is 0 Å². The molecule has 0 heterocycles. The third-order valence-corrected chi connectivity index (χ3v) is 4.00. The molecule has 0 saturated heterocycles. The van der Waals surface area contributed by atoms with Crippen LogP contribution < -0.4 is 0 Å². The molecule has 0 aliphatic carbocycles. The minimum atomic E-state index is -8.69. The van der Waals surface area contributed by atoms with Crippen molar-refractivity contribution in [1.82, 2.24) is 0 Å². The Kier molecular flexibility index (Phi) is 8.60. The molecule has 0 amide bonds. The predicted molar refractivity (Wildman–Crippen MR) is 77.1 cm³/mol. The minimum absolute atomic E-state index is 0.0801. The molecule has 0 spiro atoms. The molecule has 0 rings (SSSR count). The van der Waals surface area contributed by atoms with Gasteiger partial charge in [-0.15, -0.1) is 0 Å². The Morgan fingerprint density at radius 2 is 1.03 bits per heavy atom. The number of carbonyl (C=O) groups excluding carboxylic acids is 1. The van der Waals surface area contributed by atoms with Gasteiger partial charge in [-0.1, -0.05) is 0 Å². The van der Waals surface area contributed by atoms with Crippen molar-refractivity contribution in [3.63, 3.8) is 0 Å². The predicted octanol–water partition coefficient (Wildman–Crippen LogP) is 5.87. The van der Waals surface area contributed by atoms with Crippen LogP contribution in [0.25, 0.3) is 0 Å². The van der Waals surface area contributed by atoms with Gasteiger partial charge in [0.25, 0.3) is 5.67 Å². The maximum Gasteiger partial charge on any atom is 0.460 e. The smallest absolute Gasteiger partial charge is 0.460 e. The van der Waals surface area contributed by atoms with E-state index < -0.39 is 78.0 Å². The van der Waals surface area contributed by atoms with Gasteiger partial charge in [0.05, 0.1) is 6.10 Å². The normalized spacial score (nSPS) is 18.2. The zero-order valence-corrected chi connectivity index (χ0v) is 16.6. The number of alkyl halides is 17. The number of aliphatic hydroxyl groups excluding tert-OH is 1. The summed E-state index contributed by atoms with van der Waals surface area (Å²) < 4.78 is 228. The molecule has 2 unspecified atom stereocenters. The van der Waals surface area contributed by atoms with Crippen LogP contribution in [0.3, 0.4) is 0 Å². The maximum absolute atomic E-state index is 14.4. The number of carbonyl (C=O) groups is 1. The van der Waals surface area contributed by atoms with Gasteiger partial charge in [-0.3, -0.25) is 0 Å².